The molecular formula is C10H11BrF2. The Hall–Kier alpha value is -0.440. The van der Waals surface area contributed by atoms with Gasteiger partial charge < -0.3 is 0 Å². The minimum Gasteiger partial charge on any atom is -0.201 e. The molecule has 0 aliphatic rings. The Bertz CT molecular complexity index is 259. The fraction of sp³-hybridized carbons (Fsp3) is 0.400. The number of rotatable bonds is 3. The Kier molecular flexibility index (Phi) is 3.42. The summed E-state index contributed by atoms with van der Waals surface area (Å²) in [7, 11) is 0. The molecule has 1 atom stereocenters. The zero-order valence-corrected chi connectivity index (χ0v) is 8.89. The first kappa shape index (κ1) is 10.6. The zero-order valence-electron chi connectivity index (χ0n) is 7.31. The molecule has 1 unspecified atom stereocenters. The topological polar surface area (TPSA) is 0 Å². The van der Waals surface area contributed by atoms with E-state index in [1.807, 2.05) is 0 Å². The van der Waals surface area contributed by atoms with Gasteiger partial charge >= 0.3 is 0 Å². The molecule has 0 spiro atoms. The molecule has 0 amide bonds. The van der Waals surface area contributed by atoms with Crippen LogP contribution in [-0.2, 0) is 5.92 Å². The van der Waals surface area contributed by atoms with Crippen LogP contribution in [0.1, 0.15) is 12.5 Å². The van der Waals surface area contributed by atoms with Crippen LogP contribution in [0.25, 0.3) is 0 Å². The van der Waals surface area contributed by atoms with Crippen LogP contribution in [0.3, 0.4) is 0 Å². The summed E-state index contributed by atoms with van der Waals surface area (Å²) in [5.74, 6) is -3.43. The highest BCUT2D eigenvalue weighted by molar-refractivity contribution is 9.09. The molecule has 72 valence electrons. The quantitative estimate of drug-likeness (QED) is 0.714. The molecule has 0 aliphatic carbocycles. The van der Waals surface area contributed by atoms with Crippen molar-refractivity contribution in [2.45, 2.75) is 12.8 Å². The normalized spacial score (nSPS) is 14.2. The van der Waals surface area contributed by atoms with Gasteiger partial charge in [0, 0.05) is 16.8 Å². The molecule has 1 aromatic carbocycles. The molecule has 0 heterocycles. The van der Waals surface area contributed by atoms with Gasteiger partial charge in [0.15, 0.2) is 0 Å². The average molecular weight is 249 g/mol. The third-order valence-electron chi connectivity index (χ3n) is 2.01. The smallest absolute Gasteiger partial charge is 0.201 e. The number of benzene rings is 1. The Morgan fingerprint density at radius 1 is 1.31 bits per heavy atom. The zero-order chi connectivity index (χ0) is 9.90. The van der Waals surface area contributed by atoms with Crippen molar-refractivity contribution in [1.29, 1.82) is 0 Å². The summed E-state index contributed by atoms with van der Waals surface area (Å²) < 4.78 is 27.0. The van der Waals surface area contributed by atoms with Crippen LogP contribution in [0, 0.1) is 5.92 Å². The lowest BCUT2D eigenvalue weighted by atomic mass is 9.98. The van der Waals surface area contributed by atoms with Crippen LogP contribution in [0.5, 0.6) is 0 Å². The third-order valence-corrected chi connectivity index (χ3v) is 2.98. The van der Waals surface area contributed by atoms with E-state index in [9.17, 15) is 8.78 Å². The first-order chi connectivity index (χ1) is 6.09. The molecule has 13 heavy (non-hydrogen) atoms. The fourth-order valence-corrected chi connectivity index (χ4v) is 1.45. The van der Waals surface area contributed by atoms with Crippen molar-refractivity contribution in [2.75, 3.05) is 5.33 Å². The van der Waals surface area contributed by atoms with E-state index in [2.05, 4.69) is 15.9 Å². The Labute approximate surface area is 85.1 Å². The largest absolute Gasteiger partial charge is 0.276 e. The standard InChI is InChI=1S/C10H11BrF2/c1-8(7-11)10(12,13)9-5-3-2-4-6-9/h2-6,8H,7H2,1H3. The summed E-state index contributed by atoms with van der Waals surface area (Å²) in [6.45, 7) is 1.53. The van der Waals surface area contributed by atoms with Crippen molar-refractivity contribution in [3.05, 3.63) is 35.9 Å². The van der Waals surface area contributed by atoms with Gasteiger partial charge in [-0.05, 0) is 0 Å². The SMILES string of the molecule is CC(CBr)C(F)(F)c1ccccc1. The maximum absolute atomic E-state index is 13.5. The maximum atomic E-state index is 13.5. The van der Waals surface area contributed by atoms with Crippen LogP contribution >= 0.6 is 15.9 Å². The molecule has 0 radical (unpaired) electrons. The second-order valence-electron chi connectivity index (χ2n) is 3.04. The number of hydrogen-bond acceptors (Lipinski definition) is 0. The summed E-state index contributed by atoms with van der Waals surface area (Å²) in [5.41, 5.74) is 0.0851. The minimum absolute atomic E-state index is 0.0851. The molecule has 1 rings (SSSR count). The van der Waals surface area contributed by atoms with Gasteiger partial charge in [-0.1, -0.05) is 53.2 Å². The number of hydrogen-bond donors (Lipinski definition) is 0. The summed E-state index contributed by atoms with van der Waals surface area (Å²) >= 11 is 3.07. The third kappa shape index (κ3) is 2.27. The van der Waals surface area contributed by atoms with E-state index >= 15 is 0 Å². The Balaban J connectivity index is 2.93. The van der Waals surface area contributed by atoms with Gasteiger partial charge in [-0.2, -0.15) is 0 Å². The molecule has 0 fully saturated rings. The van der Waals surface area contributed by atoms with E-state index in [1.54, 1.807) is 18.2 Å². The lowest BCUT2D eigenvalue weighted by Gasteiger charge is -2.22. The van der Waals surface area contributed by atoms with Gasteiger partial charge in [0.2, 0.25) is 0 Å². The van der Waals surface area contributed by atoms with Gasteiger partial charge in [0.25, 0.3) is 5.92 Å². The summed E-state index contributed by atoms with van der Waals surface area (Å²) in [5, 5.41) is 0.300. The second-order valence-corrected chi connectivity index (χ2v) is 3.69. The van der Waals surface area contributed by atoms with Gasteiger partial charge in [-0.25, -0.2) is 8.78 Å². The second kappa shape index (κ2) is 4.18. The van der Waals surface area contributed by atoms with Crippen molar-refractivity contribution in [3.63, 3.8) is 0 Å². The van der Waals surface area contributed by atoms with Crippen LogP contribution in [-0.4, -0.2) is 5.33 Å². The fourth-order valence-electron chi connectivity index (χ4n) is 1.04. The highest BCUT2D eigenvalue weighted by atomic mass is 79.9. The van der Waals surface area contributed by atoms with Gasteiger partial charge in [0.1, 0.15) is 0 Å². The minimum atomic E-state index is -2.75. The average Bonchev–Trinajstić information content (AvgIpc) is 2.18. The molecule has 0 aliphatic heterocycles. The molecule has 1 aromatic rings. The highest BCUT2D eigenvalue weighted by Crippen LogP contribution is 2.36. The molecule has 0 saturated heterocycles. The lowest BCUT2D eigenvalue weighted by Crippen LogP contribution is -2.24. The summed E-state index contributed by atoms with van der Waals surface area (Å²) in [6, 6.07) is 7.91. The van der Waals surface area contributed by atoms with Crippen LogP contribution in [0.15, 0.2) is 30.3 Å². The molecule has 0 aromatic heterocycles. The van der Waals surface area contributed by atoms with Crippen LogP contribution < -0.4 is 0 Å². The lowest BCUT2D eigenvalue weighted by molar-refractivity contribution is -0.0490. The highest BCUT2D eigenvalue weighted by Gasteiger charge is 2.37. The van der Waals surface area contributed by atoms with Gasteiger partial charge in [-0.3, -0.25) is 0 Å². The molecule has 0 N–H and O–H groups in total. The monoisotopic (exact) mass is 248 g/mol. The molecular weight excluding hydrogens is 238 g/mol. The van der Waals surface area contributed by atoms with Crippen molar-refractivity contribution < 1.29 is 8.78 Å². The number of alkyl halides is 3. The Morgan fingerprint density at radius 2 is 1.85 bits per heavy atom. The van der Waals surface area contributed by atoms with Crippen LogP contribution in [0.2, 0.25) is 0 Å². The molecule has 0 bridgehead atoms. The molecule has 0 nitrogen and oxygen atoms in total. The predicted molar refractivity (Wildman–Crippen MR) is 53.3 cm³/mol. The van der Waals surface area contributed by atoms with E-state index in [4.69, 9.17) is 0 Å². The van der Waals surface area contributed by atoms with E-state index in [-0.39, 0.29) is 5.56 Å². The maximum Gasteiger partial charge on any atom is 0.276 e. The van der Waals surface area contributed by atoms with Crippen LogP contribution in [0.4, 0.5) is 8.78 Å². The van der Waals surface area contributed by atoms with E-state index in [0.29, 0.717) is 5.33 Å². The number of halogens is 3. The summed E-state index contributed by atoms with van der Waals surface area (Å²) in [4.78, 5) is 0. The molecule has 0 saturated carbocycles. The first-order valence-electron chi connectivity index (χ1n) is 4.08. The van der Waals surface area contributed by atoms with E-state index in [0.717, 1.165) is 0 Å². The van der Waals surface area contributed by atoms with E-state index in [1.165, 1.54) is 19.1 Å². The van der Waals surface area contributed by atoms with Crippen molar-refractivity contribution >= 4 is 15.9 Å². The Morgan fingerprint density at radius 3 is 2.31 bits per heavy atom. The van der Waals surface area contributed by atoms with E-state index < -0.39 is 11.8 Å². The predicted octanol–water partition coefficient (Wildman–Crippen LogP) is 3.81. The summed E-state index contributed by atoms with van der Waals surface area (Å²) in [6.07, 6.45) is 0. The molecule has 3 heteroatoms. The van der Waals surface area contributed by atoms with Gasteiger partial charge in [0.05, 0.1) is 0 Å². The van der Waals surface area contributed by atoms with Crippen molar-refractivity contribution in [3.8, 4) is 0 Å². The van der Waals surface area contributed by atoms with Gasteiger partial charge in [-0.15, -0.1) is 0 Å². The van der Waals surface area contributed by atoms with Crippen molar-refractivity contribution in [1.82, 2.24) is 0 Å². The first-order valence-corrected chi connectivity index (χ1v) is 5.20. The van der Waals surface area contributed by atoms with Crippen molar-refractivity contribution in [2.24, 2.45) is 5.92 Å².